The monoisotopic (exact) mass is 330 g/mol. The minimum atomic E-state index is 0.252. The molecule has 2 aromatic rings. The summed E-state index contributed by atoms with van der Waals surface area (Å²) in [5.41, 5.74) is 2.67. The van der Waals surface area contributed by atoms with Gasteiger partial charge in [0.2, 0.25) is 0 Å². The Morgan fingerprint density at radius 3 is 1.84 bits per heavy atom. The van der Waals surface area contributed by atoms with Crippen LogP contribution in [0.1, 0.15) is 44.1 Å². The smallest absolute Gasteiger partial charge is 0.333 e. The van der Waals surface area contributed by atoms with Crippen LogP contribution in [-0.2, 0) is 11.3 Å². The molecule has 0 heterocycles. The molecule has 0 aromatic heterocycles. The van der Waals surface area contributed by atoms with E-state index in [9.17, 15) is 0 Å². The van der Waals surface area contributed by atoms with E-state index in [1.807, 2.05) is 0 Å². The molecule has 2 aromatic carbocycles. The van der Waals surface area contributed by atoms with Gasteiger partial charge >= 0.3 is 6.92 Å². The number of benzene rings is 2. The Morgan fingerprint density at radius 1 is 0.760 bits per heavy atom. The molecule has 4 saturated carbocycles. The third-order valence-electron chi connectivity index (χ3n) is 7.00. The first kappa shape index (κ1) is 15.7. The quantitative estimate of drug-likeness (QED) is 0.695. The molecule has 2 heteroatoms. The Labute approximate surface area is 151 Å². The van der Waals surface area contributed by atoms with Crippen molar-refractivity contribution in [3.8, 4) is 0 Å². The summed E-state index contributed by atoms with van der Waals surface area (Å²) in [6.45, 7) is 0.976. The highest BCUT2D eigenvalue weighted by Gasteiger charge is 2.56. The lowest BCUT2D eigenvalue weighted by atomic mass is 9.30. The summed E-state index contributed by atoms with van der Waals surface area (Å²) in [5.74, 6) is 2.87. The molecular formula is C23H27BO. The fourth-order valence-electron chi connectivity index (χ4n) is 6.51. The van der Waals surface area contributed by atoms with Crippen molar-refractivity contribution >= 4 is 12.4 Å². The maximum absolute atomic E-state index is 6.70. The summed E-state index contributed by atoms with van der Waals surface area (Å²) in [5, 5.41) is 0.380. The second-order valence-electron chi connectivity index (χ2n) is 8.87. The van der Waals surface area contributed by atoms with Crippen LogP contribution in [0.2, 0.25) is 5.31 Å². The topological polar surface area (TPSA) is 9.23 Å². The lowest BCUT2D eigenvalue weighted by Crippen LogP contribution is -2.54. The second-order valence-corrected chi connectivity index (χ2v) is 8.87. The molecule has 4 bridgehead atoms. The van der Waals surface area contributed by atoms with Crippen LogP contribution in [0, 0.1) is 17.8 Å². The standard InChI is InChI=1S/C23H27BO/c1-3-7-18(8-4-1)17-25-24(22-9-5-2-6-10-22)23-14-19-11-20(15-23)13-21(12-19)16-23/h1-10,19-21H,11-17H2. The van der Waals surface area contributed by atoms with Gasteiger partial charge in [0, 0.05) is 0 Å². The Balaban J connectivity index is 1.45. The van der Waals surface area contributed by atoms with Crippen LogP contribution >= 0.6 is 0 Å². The van der Waals surface area contributed by atoms with Crippen LogP contribution in [0.3, 0.4) is 0 Å². The predicted octanol–water partition coefficient (Wildman–Crippen LogP) is 5.07. The summed E-state index contributed by atoms with van der Waals surface area (Å²) in [6.07, 6.45) is 8.60. The molecule has 0 unspecified atom stereocenters. The molecule has 25 heavy (non-hydrogen) atoms. The Kier molecular flexibility index (Phi) is 3.97. The number of hydrogen-bond donors (Lipinski definition) is 0. The van der Waals surface area contributed by atoms with E-state index in [-0.39, 0.29) is 6.92 Å². The molecule has 0 N–H and O–H groups in total. The zero-order chi connectivity index (χ0) is 16.7. The zero-order valence-electron chi connectivity index (χ0n) is 14.9. The number of hydrogen-bond acceptors (Lipinski definition) is 1. The van der Waals surface area contributed by atoms with Crippen LogP contribution in [-0.4, -0.2) is 6.92 Å². The van der Waals surface area contributed by atoms with Crippen molar-refractivity contribution in [1.29, 1.82) is 0 Å². The first-order chi connectivity index (χ1) is 12.3. The Hall–Kier alpha value is -1.54. The molecule has 0 amide bonds. The third kappa shape index (κ3) is 2.95. The SMILES string of the molecule is c1ccc(COB(c2ccccc2)C23CC4CC(CC(C4)C2)C3)cc1. The third-order valence-corrected chi connectivity index (χ3v) is 7.00. The van der Waals surface area contributed by atoms with Gasteiger partial charge in [0.15, 0.2) is 0 Å². The van der Waals surface area contributed by atoms with E-state index in [1.165, 1.54) is 49.6 Å². The molecule has 1 nitrogen and oxygen atoms in total. The van der Waals surface area contributed by atoms with E-state index >= 15 is 0 Å². The number of rotatable bonds is 5. The fourth-order valence-corrected chi connectivity index (χ4v) is 6.51. The van der Waals surface area contributed by atoms with Gasteiger partial charge in [0.25, 0.3) is 0 Å². The largest absolute Gasteiger partial charge is 0.426 e. The van der Waals surface area contributed by atoms with E-state index in [0.717, 1.165) is 24.4 Å². The summed E-state index contributed by atoms with van der Waals surface area (Å²) in [6, 6.07) is 21.7. The van der Waals surface area contributed by atoms with Gasteiger partial charge in [0.05, 0.1) is 6.61 Å². The van der Waals surface area contributed by atoms with Gasteiger partial charge in [-0.25, -0.2) is 0 Å². The minimum absolute atomic E-state index is 0.252. The van der Waals surface area contributed by atoms with Gasteiger partial charge in [-0.1, -0.05) is 60.7 Å². The molecule has 6 rings (SSSR count). The summed E-state index contributed by atoms with van der Waals surface area (Å²) in [7, 11) is 0. The summed E-state index contributed by atoms with van der Waals surface area (Å²) >= 11 is 0. The van der Waals surface area contributed by atoms with Crippen molar-refractivity contribution < 1.29 is 4.65 Å². The lowest BCUT2D eigenvalue weighted by molar-refractivity contribution is 0.0194. The van der Waals surface area contributed by atoms with E-state index < -0.39 is 0 Å². The van der Waals surface area contributed by atoms with Gasteiger partial charge in [-0.3, -0.25) is 0 Å². The van der Waals surface area contributed by atoms with Crippen molar-refractivity contribution in [3.63, 3.8) is 0 Å². The van der Waals surface area contributed by atoms with Crippen LogP contribution in [0.25, 0.3) is 0 Å². The van der Waals surface area contributed by atoms with E-state index in [4.69, 9.17) is 4.65 Å². The second kappa shape index (κ2) is 6.32. The summed E-state index contributed by atoms with van der Waals surface area (Å²) in [4.78, 5) is 0. The highest BCUT2D eigenvalue weighted by Crippen LogP contribution is 2.65. The van der Waals surface area contributed by atoms with Crippen molar-refractivity contribution in [2.45, 2.75) is 50.4 Å². The normalized spacial score (nSPS) is 32.7. The Bertz CT molecular complexity index is 676. The fraction of sp³-hybridized carbons (Fsp3) is 0.478. The molecule has 4 aliphatic carbocycles. The first-order valence-corrected chi connectivity index (χ1v) is 10.0. The molecule has 4 aliphatic rings. The average Bonchev–Trinajstić information content (AvgIpc) is 2.62. The van der Waals surface area contributed by atoms with Gasteiger partial charge in [-0.05, 0) is 72.6 Å². The maximum atomic E-state index is 6.70. The molecule has 0 radical (unpaired) electrons. The van der Waals surface area contributed by atoms with E-state index in [1.54, 1.807) is 0 Å². The lowest BCUT2D eigenvalue weighted by Gasteiger charge is -2.58. The molecule has 0 saturated heterocycles. The van der Waals surface area contributed by atoms with Crippen molar-refractivity contribution in [3.05, 3.63) is 66.2 Å². The predicted molar refractivity (Wildman–Crippen MR) is 104 cm³/mol. The van der Waals surface area contributed by atoms with Crippen LogP contribution in [0.4, 0.5) is 0 Å². The average molecular weight is 330 g/mol. The maximum Gasteiger partial charge on any atom is 0.333 e. The van der Waals surface area contributed by atoms with E-state index in [0.29, 0.717) is 5.31 Å². The molecule has 4 fully saturated rings. The zero-order valence-corrected chi connectivity index (χ0v) is 14.9. The van der Waals surface area contributed by atoms with Gasteiger partial charge < -0.3 is 4.65 Å². The van der Waals surface area contributed by atoms with Crippen LogP contribution in [0.15, 0.2) is 60.7 Å². The van der Waals surface area contributed by atoms with Crippen LogP contribution < -0.4 is 5.46 Å². The minimum Gasteiger partial charge on any atom is -0.426 e. The molecule has 0 aliphatic heterocycles. The van der Waals surface area contributed by atoms with E-state index in [2.05, 4.69) is 60.7 Å². The first-order valence-electron chi connectivity index (χ1n) is 10.0. The highest BCUT2D eigenvalue weighted by molar-refractivity contribution is 6.70. The molecular weight excluding hydrogens is 303 g/mol. The highest BCUT2D eigenvalue weighted by atomic mass is 16.4. The van der Waals surface area contributed by atoms with Gasteiger partial charge in [-0.15, -0.1) is 0 Å². The van der Waals surface area contributed by atoms with Gasteiger partial charge in [-0.2, -0.15) is 0 Å². The molecule has 128 valence electrons. The molecule has 0 spiro atoms. The van der Waals surface area contributed by atoms with Gasteiger partial charge in [0.1, 0.15) is 0 Å². The Morgan fingerprint density at radius 2 is 1.28 bits per heavy atom. The van der Waals surface area contributed by atoms with Crippen molar-refractivity contribution in [1.82, 2.24) is 0 Å². The van der Waals surface area contributed by atoms with Crippen molar-refractivity contribution in [2.24, 2.45) is 17.8 Å². The van der Waals surface area contributed by atoms with Crippen LogP contribution in [0.5, 0.6) is 0 Å². The van der Waals surface area contributed by atoms with Crippen molar-refractivity contribution in [2.75, 3.05) is 0 Å². The molecule has 0 atom stereocenters. The summed E-state index contributed by atoms with van der Waals surface area (Å²) < 4.78 is 6.70.